The molecule has 1 N–H and O–H groups in total. The third kappa shape index (κ3) is 3.71. The van der Waals surface area contributed by atoms with Crippen LogP contribution in [0.25, 0.3) is 0 Å². The number of amides is 2. The molecule has 3 heterocycles. The van der Waals surface area contributed by atoms with E-state index in [1.54, 1.807) is 0 Å². The monoisotopic (exact) mass is 397 g/mol. The van der Waals surface area contributed by atoms with Crippen LogP contribution in [0.3, 0.4) is 0 Å². The van der Waals surface area contributed by atoms with Crippen LogP contribution in [0.2, 0.25) is 0 Å². The Balaban J connectivity index is 1.48. The lowest BCUT2D eigenvalue weighted by molar-refractivity contribution is -0.131. The summed E-state index contributed by atoms with van der Waals surface area (Å²) >= 11 is 1.48. The molecule has 4 rings (SSSR count). The topological polar surface area (TPSA) is 52.7 Å². The third-order valence-electron chi connectivity index (χ3n) is 5.75. The van der Waals surface area contributed by atoms with E-state index in [9.17, 15) is 9.59 Å². The van der Waals surface area contributed by atoms with E-state index in [1.807, 2.05) is 42.3 Å². The van der Waals surface area contributed by atoms with Gasteiger partial charge in [-0.2, -0.15) is 0 Å². The number of hydrogen-bond acceptors (Lipinski definition) is 4. The van der Waals surface area contributed by atoms with Gasteiger partial charge < -0.3 is 10.2 Å². The van der Waals surface area contributed by atoms with Crippen LogP contribution in [0.15, 0.2) is 47.8 Å². The zero-order valence-electron chi connectivity index (χ0n) is 16.4. The van der Waals surface area contributed by atoms with Gasteiger partial charge in [0.05, 0.1) is 10.8 Å². The molecule has 2 fully saturated rings. The fourth-order valence-electron chi connectivity index (χ4n) is 4.51. The molecule has 2 aromatic rings. The number of nitrogens with one attached hydrogen (secondary N) is 1. The van der Waals surface area contributed by atoms with Crippen molar-refractivity contribution >= 4 is 23.2 Å². The van der Waals surface area contributed by atoms with Gasteiger partial charge in [-0.3, -0.25) is 14.5 Å². The molecule has 6 heteroatoms. The van der Waals surface area contributed by atoms with Crippen LogP contribution in [-0.2, 0) is 11.3 Å². The smallest absolute Gasteiger partial charge is 0.263 e. The number of nitrogens with zero attached hydrogens (tertiary/aromatic N) is 2. The maximum atomic E-state index is 12.9. The van der Waals surface area contributed by atoms with Crippen LogP contribution in [-0.4, -0.2) is 53.8 Å². The van der Waals surface area contributed by atoms with E-state index in [-0.39, 0.29) is 29.2 Å². The Bertz CT molecular complexity index is 829. The quantitative estimate of drug-likeness (QED) is 0.844. The summed E-state index contributed by atoms with van der Waals surface area (Å²) in [5.41, 5.74) is 1.12. The van der Waals surface area contributed by atoms with Crippen molar-refractivity contribution in [1.82, 2.24) is 15.1 Å². The van der Waals surface area contributed by atoms with Crippen LogP contribution >= 0.6 is 11.3 Å². The van der Waals surface area contributed by atoms with Gasteiger partial charge in [0.15, 0.2) is 0 Å². The molecule has 0 bridgehead atoms. The first-order valence-electron chi connectivity index (χ1n) is 9.86. The van der Waals surface area contributed by atoms with Crippen molar-refractivity contribution < 1.29 is 9.59 Å². The molecule has 2 aliphatic rings. The van der Waals surface area contributed by atoms with Crippen LogP contribution in [0.4, 0.5) is 0 Å². The second kappa shape index (κ2) is 7.68. The highest BCUT2D eigenvalue weighted by Gasteiger charge is 2.57. The highest BCUT2D eigenvalue weighted by atomic mass is 32.1. The van der Waals surface area contributed by atoms with E-state index < -0.39 is 0 Å². The summed E-state index contributed by atoms with van der Waals surface area (Å²) in [5.74, 6) is 0.130. The molecule has 1 aromatic heterocycles. The maximum absolute atomic E-state index is 12.9. The van der Waals surface area contributed by atoms with Crippen LogP contribution < -0.4 is 5.32 Å². The van der Waals surface area contributed by atoms with Gasteiger partial charge in [-0.05, 0) is 30.9 Å². The lowest BCUT2D eigenvalue weighted by atomic mass is 9.71. The fraction of sp³-hybridized carbons (Fsp3) is 0.455. The first-order valence-corrected chi connectivity index (χ1v) is 10.7. The van der Waals surface area contributed by atoms with Gasteiger partial charge in [0.25, 0.3) is 5.91 Å². The predicted molar refractivity (Wildman–Crippen MR) is 111 cm³/mol. The summed E-state index contributed by atoms with van der Waals surface area (Å²) in [6.07, 6.45) is 0. The highest BCUT2D eigenvalue weighted by Crippen LogP contribution is 2.45. The molecule has 1 atom stereocenters. The number of likely N-dealkylation sites (tertiary alicyclic amines) is 2. The van der Waals surface area contributed by atoms with Crippen molar-refractivity contribution in [2.45, 2.75) is 26.4 Å². The first kappa shape index (κ1) is 19.2. The first-order chi connectivity index (χ1) is 13.5. The minimum Gasteiger partial charge on any atom is -0.354 e. The number of rotatable bonds is 5. The number of hydrogen-bond donors (Lipinski definition) is 1. The SMILES string of the molecule is CC(C)NC(=O)C1CN(Cc2ccccc2)CC12CN(C(=O)c1cccs1)C2. The summed E-state index contributed by atoms with van der Waals surface area (Å²) in [5, 5.41) is 5.03. The highest BCUT2D eigenvalue weighted by molar-refractivity contribution is 7.12. The average Bonchev–Trinajstić information content (AvgIpc) is 3.28. The summed E-state index contributed by atoms with van der Waals surface area (Å²) < 4.78 is 0. The van der Waals surface area contributed by atoms with Crippen molar-refractivity contribution in [3.05, 3.63) is 58.3 Å². The Labute approximate surface area is 170 Å². The standard InChI is InChI=1S/C22H27N3O2S/c1-16(2)23-20(26)18-12-24(11-17-7-4-3-5-8-17)13-22(18)14-25(15-22)21(27)19-9-6-10-28-19/h3-10,16,18H,11-15H2,1-2H3,(H,23,26). The van der Waals surface area contributed by atoms with Gasteiger partial charge in [0.2, 0.25) is 5.91 Å². The van der Waals surface area contributed by atoms with Crippen molar-refractivity contribution in [2.24, 2.45) is 11.3 Å². The molecule has 5 nitrogen and oxygen atoms in total. The molecule has 1 aromatic carbocycles. The van der Waals surface area contributed by atoms with Crippen LogP contribution in [0.5, 0.6) is 0 Å². The van der Waals surface area contributed by atoms with E-state index in [4.69, 9.17) is 0 Å². The van der Waals surface area contributed by atoms with E-state index in [1.165, 1.54) is 16.9 Å². The maximum Gasteiger partial charge on any atom is 0.263 e. The van der Waals surface area contributed by atoms with Gasteiger partial charge >= 0.3 is 0 Å². The normalized spacial score (nSPS) is 21.1. The summed E-state index contributed by atoms with van der Waals surface area (Å²) in [7, 11) is 0. The second-order valence-electron chi connectivity index (χ2n) is 8.37. The third-order valence-corrected chi connectivity index (χ3v) is 6.60. The molecule has 1 spiro atoms. The molecule has 2 amide bonds. The Morgan fingerprint density at radius 2 is 1.89 bits per heavy atom. The van der Waals surface area contributed by atoms with Crippen LogP contribution in [0, 0.1) is 11.3 Å². The minimum atomic E-state index is -0.138. The van der Waals surface area contributed by atoms with Gasteiger partial charge in [0.1, 0.15) is 0 Å². The lowest BCUT2D eigenvalue weighted by Gasteiger charge is -2.50. The largest absolute Gasteiger partial charge is 0.354 e. The molecule has 148 valence electrons. The van der Waals surface area contributed by atoms with Crippen LogP contribution in [0.1, 0.15) is 29.1 Å². The number of carbonyl (C=O) groups is 2. The number of benzene rings is 1. The molecule has 0 saturated carbocycles. The van der Waals surface area contributed by atoms with Gasteiger partial charge in [-0.15, -0.1) is 11.3 Å². The summed E-state index contributed by atoms with van der Waals surface area (Å²) in [6, 6.07) is 14.3. The molecule has 0 aliphatic carbocycles. The van der Waals surface area contributed by atoms with Gasteiger partial charge in [-0.25, -0.2) is 0 Å². The number of thiophene rings is 1. The lowest BCUT2D eigenvalue weighted by Crippen LogP contribution is -2.64. The fourth-order valence-corrected chi connectivity index (χ4v) is 5.20. The van der Waals surface area contributed by atoms with Crippen molar-refractivity contribution in [3.8, 4) is 0 Å². The molecule has 2 aliphatic heterocycles. The van der Waals surface area contributed by atoms with E-state index in [2.05, 4.69) is 34.5 Å². The summed E-state index contributed by atoms with van der Waals surface area (Å²) in [6.45, 7) is 7.74. The average molecular weight is 398 g/mol. The van der Waals surface area contributed by atoms with Gasteiger partial charge in [0, 0.05) is 44.2 Å². The molecular formula is C22H27N3O2S. The van der Waals surface area contributed by atoms with Crippen molar-refractivity contribution in [3.63, 3.8) is 0 Å². The molecule has 2 saturated heterocycles. The molecular weight excluding hydrogens is 370 g/mol. The Kier molecular flexibility index (Phi) is 5.25. The van der Waals surface area contributed by atoms with E-state index >= 15 is 0 Å². The zero-order chi connectivity index (χ0) is 19.7. The van der Waals surface area contributed by atoms with Crippen molar-refractivity contribution in [2.75, 3.05) is 26.2 Å². The molecule has 1 unspecified atom stereocenters. The van der Waals surface area contributed by atoms with Crippen molar-refractivity contribution in [1.29, 1.82) is 0 Å². The number of carbonyl (C=O) groups excluding carboxylic acids is 2. The Hall–Kier alpha value is -2.18. The predicted octanol–water partition coefficient (Wildman–Crippen LogP) is 2.85. The Morgan fingerprint density at radius 1 is 1.14 bits per heavy atom. The summed E-state index contributed by atoms with van der Waals surface area (Å²) in [4.78, 5) is 30.6. The molecule has 0 radical (unpaired) electrons. The van der Waals surface area contributed by atoms with E-state index in [0.717, 1.165) is 24.5 Å². The van der Waals surface area contributed by atoms with Gasteiger partial charge in [-0.1, -0.05) is 36.4 Å². The molecule has 28 heavy (non-hydrogen) atoms. The zero-order valence-corrected chi connectivity index (χ0v) is 17.2. The Morgan fingerprint density at radius 3 is 2.54 bits per heavy atom. The minimum absolute atomic E-state index is 0.0778. The second-order valence-corrected chi connectivity index (χ2v) is 9.32. The van der Waals surface area contributed by atoms with E-state index in [0.29, 0.717) is 13.1 Å².